The summed E-state index contributed by atoms with van der Waals surface area (Å²) in [5.41, 5.74) is 0.285. The van der Waals surface area contributed by atoms with Gasteiger partial charge in [0.05, 0.1) is 19.3 Å². The Kier molecular flexibility index (Phi) is 2.32. The number of hydrogen-bond donors (Lipinski definition) is 1. The Hall–Kier alpha value is -1.24. The minimum absolute atomic E-state index is 0.427. The van der Waals surface area contributed by atoms with Crippen LogP contribution in [0.5, 0.6) is 0 Å². The van der Waals surface area contributed by atoms with Crippen molar-refractivity contribution in [1.29, 1.82) is 5.26 Å². The van der Waals surface area contributed by atoms with Gasteiger partial charge in [0.1, 0.15) is 0 Å². The third-order valence-corrected chi connectivity index (χ3v) is 2.35. The lowest BCUT2D eigenvalue weighted by Gasteiger charge is -2.36. The summed E-state index contributed by atoms with van der Waals surface area (Å²) in [5.74, 6) is 0. The van der Waals surface area contributed by atoms with Crippen LogP contribution in [0.25, 0.3) is 0 Å². The van der Waals surface area contributed by atoms with Crippen LogP contribution in [-0.2, 0) is 4.74 Å². The van der Waals surface area contributed by atoms with E-state index in [1.165, 1.54) is 0 Å². The van der Waals surface area contributed by atoms with E-state index in [1.54, 1.807) is 12.1 Å². The van der Waals surface area contributed by atoms with E-state index in [-0.39, 0.29) is 0 Å². The van der Waals surface area contributed by atoms with E-state index in [9.17, 15) is 0 Å². The van der Waals surface area contributed by atoms with Gasteiger partial charge in [-0.15, -0.1) is 0 Å². The van der Waals surface area contributed by atoms with Crippen LogP contribution in [0.4, 0.5) is 5.69 Å². The highest BCUT2D eigenvalue weighted by atomic mass is 35.5. The van der Waals surface area contributed by atoms with Gasteiger partial charge < -0.3 is 10.1 Å². The maximum atomic E-state index is 8.94. The van der Waals surface area contributed by atoms with Crippen molar-refractivity contribution in [3.05, 3.63) is 29.3 Å². The quantitative estimate of drug-likeness (QED) is 0.809. The van der Waals surface area contributed by atoms with Gasteiger partial charge in [-0.1, -0.05) is 17.7 Å². The summed E-state index contributed by atoms with van der Waals surface area (Å²) in [5, 5.41) is 12.7. The molecule has 14 heavy (non-hydrogen) atoms. The van der Waals surface area contributed by atoms with E-state index in [0.29, 0.717) is 18.2 Å². The second kappa shape index (κ2) is 3.49. The number of anilines is 1. The lowest BCUT2D eigenvalue weighted by Crippen LogP contribution is -2.54. The Morgan fingerprint density at radius 2 is 2.29 bits per heavy atom. The summed E-state index contributed by atoms with van der Waals surface area (Å²) < 4.78 is 5.01. The summed E-state index contributed by atoms with van der Waals surface area (Å²) in [6.45, 7) is 0.853. The topological polar surface area (TPSA) is 45.0 Å². The Morgan fingerprint density at radius 3 is 2.79 bits per heavy atom. The van der Waals surface area contributed by atoms with Crippen molar-refractivity contribution in [3.8, 4) is 6.07 Å². The minimum atomic E-state index is -0.565. The normalized spacial score (nSPS) is 18.0. The maximum absolute atomic E-state index is 8.94. The summed E-state index contributed by atoms with van der Waals surface area (Å²) in [7, 11) is 0. The Balaban J connectivity index is 2.14. The first-order chi connectivity index (χ1) is 6.74. The first-order valence-electron chi connectivity index (χ1n) is 4.27. The van der Waals surface area contributed by atoms with E-state index in [4.69, 9.17) is 21.6 Å². The van der Waals surface area contributed by atoms with Crippen LogP contribution in [0, 0.1) is 11.3 Å². The molecular formula is C10H9ClN2O. The van der Waals surface area contributed by atoms with Crippen molar-refractivity contribution in [2.24, 2.45) is 0 Å². The minimum Gasteiger partial charge on any atom is -0.374 e. The smallest absolute Gasteiger partial charge is 0.172 e. The van der Waals surface area contributed by atoms with Crippen molar-refractivity contribution in [1.82, 2.24) is 0 Å². The highest BCUT2D eigenvalue weighted by molar-refractivity contribution is 6.30. The van der Waals surface area contributed by atoms with Crippen molar-refractivity contribution < 1.29 is 4.74 Å². The standard InChI is InChI=1S/C10H9ClN2O/c11-8-2-1-3-9(4-8)13-10(5-12)6-14-7-10/h1-4,13H,6-7H2. The van der Waals surface area contributed by atoms with Crippen molar-refractivity contribution in [2.75, 3.05) is 18.5 Å². The van der Waals surface area contributed by atoms with Crippen molar-refractivity contribution in [2.45, 2.75) is 5.54 Å². The molecule has 4 heteroatoms. The summed E-state index contributed by atoms with van der Waals surface area (Å²) >= 11 is 5.82. The molecule has 0 spiro atoms. The van der Waals surface area contributed by atoms with E-state index in [1.807, 2.05) is 12.1 Å². The molecule has 0 unspecified atom stereocenters. The zero-order valence-electron chi connectivity index (χ0n) is 7.46. The molecule has 1 fully saturated rings. The maximum Gasteiger partial charge on any atom is 0.172 e. The molecule has 1 N–H and O–H groups in total. The predicted molar refractivity (Wildman–Crippen MR) is 54.2 cm³/mol. The molecule has 0 aliphatic carbocycles. The molecule has 1 aromatic rings. The molecule has 0 radical (unpaired) electrons. The monoisotopic (exact) mass is 208 g/mol. The average molecular weight is 209 g/mol. The van der Waals surface area contributed by atoms with Crippen LogP contribution in [0.3, 0.4) is 0 Å². The van der Waals surface area contributed by atoms with Gasteiger partial charge in [0.2, 0.25) is 0 Å². The first-order valence-corrected chi connectivity index (χ1v) is 4.65. The first kappa shape index (κ1) is 9.32. The van der Waals surface area contributed by atoms with E-state index in [2.05, 4.69) is 11.4 Å². The molecule has 0 saturated carbocycles. The van der Waals surface area contributed by atoms with Crippen molar-refractivity contribution in [3.63, 3.8) is 0 Å². The molecule has 2 rings (SSSR count). The fourth-order valence-corrected chi connectivity index (χ4v) is 1.50. The highest BCUT2D eigenvalue weighted by Crippen LogP contribution is 2.24. The van der Waals surface area contributed by atoms with E-state index < -0.39 is 5.54 Å². The number of ether oxygens (including phenoxy) is 1. The van der Waals surface area contributed by atoms with Gasteiger partial charge in [0, 0.05) is 10.7 Å². The number of nitrogens with zero attached hydrogens (tertiary/aromatic N) is 1. The number of halogens is 1. The lowest BCUT2D eigenvalue weighted by atomic mass is 9.99. The Bertz CT molecular complexity index is 382. The molecule has 0 amide bonds. The average Bonchev–Trinajstić information content (AvgIpc) is 2.11. The Morgan fingerprint density at radius 1 is 1.50 bits per heavy atom. The fraction of sp³-hybridized carbons (Fsp3) is 0.300. The van der Waals surface area contributed by atoms with Crippen LogP contribution in [0.2, 0.25) is 5.02 Å². The zero-order chi connectivity index (χ0) is 10.0. The predicted octanol–water partition coefficient (Wildman–Crippen LogP) is 2.04. The lowest BCUT2D eigenvalue weighted by molar-refractivity contribution is -0.0132. The summed E-state index contributed by atoms with van der Waals surface area (Å²) in [6, 6.07) is 9.51. The molecule has 3 nitrogen and oxygen atoms in total. The zero-order valence-corrected chi connectivity index (χ0v) is 8.21. The Labute approximate surface area is 87.2 Å². The SMILES string of the molecule is N#CC1(Nc2cccc(Cl)c2)COC1. The summed E-state index contributed by atoms with van der Waals surface area (Å²) in [4.78, 5) is 0. The second-order valence-corrected chi connectivity index (χ2v) is 3.76. The molecule has 1 heterocycles. The molecule has 0 bridgehead atoms. The highest BCUT2D eigenvalue weighted by Gasteiger charge is 2.38. The largest absolute Gasteiger partial charge is 0.374 e. The number of benzene rings is 1. The second-order valence-electron chi connectivity index (χ2n) is 3.32. The number of rotatable bonds is 2. The third-order valence-electron chi connectivity index (χ3n) is 2.12. The molecular weight excluding hydrogens is 200 g/mol. The van der Waals surface area contributed by atoms with Gasteiger partial charge in [-0.25, -0.2) is 0 Å². The molecule has 0 atom stereocenters. The fourth-order valence-electron chi connectivity index (χ4n) is 1.31. The number of nitrogens with one attached hydrogen (secondary N) is 1. The van der Waals surface area contributed by atoms with Gasteiger partial charge in [0.25, 0.3) is 0 Å². The van der Waals surface area contributed by atoms with Gasteiger partial charge in [0.15, 0.2) is 5.54 Å². The van der Waals surface area contributed by atoms with E-state index >= 15 is 0 Å². The van der Waals surface area contributed by atoms with Gasteiger partial charge in [-0.05, 0) is 18.2 Å². The van der Waals surface area contributed by atoms with Crippen LogP contribution < -0.4 is 5.32 Å². The number of nitriles is 1. The molecule has 1 aliphatic heterocycles. The third kappa shape index (κ3) is 1.67. The van der Waals surface area contributed by atoms with Gasteiger partial charge in [-0.2, -0.15) is 5.26 Å². The molecule has 1 aliphatic rings. The summed E-state index contributed by atoms with van der Waals surface area (Å²) in [6.07, 6.45) is 0. The molecule has 72 valence electrons. The molecule has 0 aromatic heterocycles. The molecule has 1 aromatic carbocycles. The van der Waals surface area contributed by atoms with Crippen molar-refractivity contribution >= 4 is 17.3 Å². The number of hydrogen-bond acceptors (Lipinski definition) is 3. The van der Waals surface area contributed by atoms with Gasteiger partial charge in [-0.3, -0.25) is 0 Å². The van der Waals surface area contributed by atoms with Gasteiger partial charge >= 0.3 is 0 Å². The van der Waals surface area contributed by atoms with Crippen LogP contribution in [0.1, 0.15) is 0 Å². The molecule has 1 saturated heterocycles. The van der Waals surface area contributed by atoms with Crippen LogP contribution in [0.15, 0.2) is 24.3 Å². The van der Waals surface area contributed by atoms with Crippen LogP contribution >= 0.6 is 11.6 Å². The van der Waals surface area contributed by atoms with Crippen LogP contribution in [-0.4, -0.2) is 18.8 Å². The van der Waals surface area contributed by atoms with E-state index in [0.717, 1.165) is 5.69 Å².